The first kappa shape index (κ1) is 17.5. The van der Waals surface area contributed by atoms with E-state index in [0.717, 1.165) is 0 Å². The summed E-state index contributed by atoms with van der Waals surface area (Å²) in [5.41, 5.74) is 0.468. The Hall–Kier alpha value is -1.60. The number of aliphatic carboxylic acids is 1. The number of nitrogens with one attached hydrogen (secondary N) is 2. The number of rotatable bonds is 5. The molecule has 1 aromatic rings. The maximum atomic E-state index is 11.6. The second-order valence-electron chi connectivity index (χ2n) is 4.54. The van der Waals surface area contributed by atoms with Crippen molar-refractivity contribution in [2.24, 2.45) is 5.92 Å². The highest BCUT2D eigenvalue weighted by atomic mass is 79.9. The third-order valence-corrected chi connectivity index (χ3v) is 3.70. The van der Waals surface area contributed by atoms with E-state index in [1.807, 2.05) is 0 Å². The molecule has 21 heavy (non-hydrogen) atoms. The van der Waals surface area contributed by atoms with Gasteiger partial charge in [0.05, 0.1) is 5.02 Å². The topological polar surface area (TPSA) is 95.5 Å². The van der Waals surface area contributed by atoms with Crippen LogP contribution in [0.25, 0.3) is 0 Å². The second kappa shape index (κ2) is 7.99. The van der Waals surface area contributed by atoms with Crippen molar-refractivity contribution >= 4 is 51.1 Å². The van der Waals surface area contributed by atoms with Crippen LogP contribution in [0.5, 0.6) is 0 Å². The second-order valence-corrected chi connectivity index (χ2v) is 5.80. The number of hydrogen-bond donors (Lipinski definition) is 3. The zero-order valence-electron chi connectivity index (χ0n) is 11.2. The van der Waals surface area contributed by atoms with Crippen LogP contribution in [-0.2, 0) is 9.59 Å². The molecule has 1 unspecified atom stereocenters. The smallest absolute Gasteiger partial charge is 0.325 e. The van der Waals surface area contributed by atoms with Gasteiger partial charge in [0.1, 0.15) is 0 Å². The number of halogens is 2. The third-order valence-electron chi connectivity index (χ3n) is 2.49. The molecule has 1 atom stereocenters. The number of imide groups is 1. The van der Waals surface area contributed by atoms with Gasteiger partial charge in [0.15, 0.2) is 0 Å². The van der Waals surface area contributed by atoms with Crippen molar-refractivity contribution in [3.05, 3.63) is 27.7 Å². The van der Waals surface area contributed by atoms with Gasteiger partial charge in [-0.1, -0.05) is 18.5 Å². The lowest BCUT2D eigenvalue weighted by atomic mass is 10.0. The Balaban J connectivity index is 2.47. The largest absolute Gasteiger partial charge is 0.481 e. The molecule has 0 saturated heterocycles. The number of hydrogen-bond acceptors (Lipinski definition) is 3. The van der Waals surface area contributed by atoms with Gasteiger partial charge < -0.3 is 10.4 Å². The zero-order chi connectivity index (χ0) is 16.0. The summed E-state index contributed by atoms with van der Waals surface area (Å²) < 4.78 is 0.614. The van der Waals surface area contributed by atoms with Crippen molar-refractivity contribution in [2.45, 2.75) is 19.8 Å². The Bertz CT molecular complexity index is 565. The number of urea groups is 1. The number of carbonyl (C=O) groups excluding carboxylic acids is 2. The Kier molecular flexibility index (Phi) is 6.64. The van der Waals surface area contributed by atoms with E-state index in [1.54, 1.807) is 25.1 Å². The molecule has 1 aromatic carbocycles. The summed E-state index contributed by atoms with van der Waals surface area (Å²) in [4.78, 5) is 33.7. The van der Waals surface area contributed by atoms with Gasteiger partial charge in [-0.3, -0.25) is 14.9 Å². The van der Waals surface area contributed by atoms with Crippen LogP contribution in [-0.4, -0.2) is 23.0 Å². The first-order valence-corrected chi connectivity index (χ1v) is 7.22. The van der Waals surface area contributed by atoms with Crippen LogP contribution < -0.4 is 10.6 Å². The minimum absolute atomic E-state index is 0.0377. The van der Waals surface area contributed by atoms with E-state index in [0.29, 0.717) is 15.2 Å². The van der Waals surface area contributed by atoms with E-state index < -0.39 is 17.9 Å². The Morgan fingerprint density at radius 3 is 2.57 bits per heavy atom. The molecule has 0 heterocycles. The van der Waals surface area contributed by atoms with Gasteiger partial charge in [-0.2, -0.15) is 0 Å². The van der Waals surface area contributed by atoms with Gasteiger partial charge in [-0.05, 0) is 40.0 Å². The van der Waals surface area contributed by atoms with E-state index in [1.165, 1.54) is 0 Å². The van der Waals surface area contributed by atoms with Crippen LogP contribution in [0.4, 0.5) is 10.5 Å². The van der Waals surface area contributed by atoms with Gasteiger partial charge in [0, 0.05) is 23.0 Å². The van der Waals surface area contributed by atoms with Gasteiger partial charge in [-0.15, -0.1) is 0 Å². The first-order chi connectivity index (χ1) is 9.77. The fourth-order valence-electron chi connectivity index (χ4n) is 1.60. The highest BCUT2D eigenvalue weighted by molar-refractivity contribution is 9.10. The molecule has 0 saturated carbocycles. The molecule has 3 N–H and O–H groups in total. The fraction of sp³-hybridized carbons (Fsp3) is 0.308. The van der Waals surface area contributed by atoms with Crippen LogP contribution in [0, 0.1) is 5.92 Å². The third kappa shape index (κ3) is 6.59. The minimum atomic E-state index is -0.981. The average Bonchev–Trinajstić information content (AvgIpc) is 2.32. The molecule has 0 aliphatic heterocycles. The molecule has 0 aromatic heterocycles. The molecule has 0 spiro atoms. The van der Waals surface area contributed by atoms with Gasteiger partial charge >= 0.3 is 12.0 Å². The van der Waals surface area contributed by atoms with Crippen molar-refractivity contribution in [3.63, 3.8) is 0 Å². The molecule has 114 valence electrons. The lowest BCUT2D eigenvalue weighted by Gasteiger charge is -2.10. The summed E-state index contributed by atoms with van der Waals surface area (Å²) in [6.07, 6.45) is -0.163. The van der Waals surface area contributed by atoms with Gasteiger partial charge in [0.25, 0.3) is 0 Å². The Labute approximate surface area is 135 Å². The minimum Gasteiger partial charge on any atom is -0.481 e. The Morgan fingerprint density at radius 1 is 1.33 bits per heavy atom. The maximum absolute atomic E-state index is 11.6. The number of benzene rings is 1. The molecular weight excluding hydrogens is 364 g/mol. The van der Waals surface area contributed by atoms with Crippen molar-refractivity contribution in [1.29, 1.82) is 0 Å². The predicted molar refractivity (Wildman–Crippen MR) is 82.3 cm³/mol. The van der Waals surface area contributed by atoms with Crippen LogP contribution in [0.3, 0.4) is 0 Å². The first-order valence-electron chi connectivity index (χ1n) is 6.05. The number of carboxylic acids is 1. The van der Waals surface area contributed by atoms with Crippen LogP contribution in [0.1, 0.15) is 19.8 Å². The molecule has 0 aliphatic rings. The average molecular weight is 378 g/mol. The Morgan fingerprint density at radius 2 is 2.00 bits per heavy atom. The number of anilines is 1. The monoisotopic (exact) mass is 376 g/mol. The molecule has 0 aliphatic carbocycles. The quantitative estimate of drug-likeness (QED) is 0.734. The van der Waals surface area contributed by atoms with E-state index in [-0.39, 0.29) is 18.8 Å². The van der Waals surface area contributed by atoms with Crippen molar-refractivity contribution in [2.75, 3.05) is 5.32 Å². The van der Waals surface area contributed by atoms with E-state index in [2.05, 4.69) is 26.6 Å². The lowest BCUT2D eigenvalue weighted by molar-refractivity contribution is -0.138. The van der Waals surface area contributed by atoms with Crippen molar-refractivity contribution in [1.82, 2.24) is 5.32 Å². The zero-order valence-corrected chi connectivity index (χ0v) is 13.5. The fourth-order valence-corrected chi connectivity index (χ4v) is 2.10. The van der Waals surface area contributed by atoms with Gasteiger partial charge in [0.2, 0.25) is 5.91 Å². The van der Waals surface area contributed by atoms with Crippen LogP contribution in [0.2, 0.25) is 5.02 Å². The molecular formula is C13H14BrClN2O4. The summed E-state index contributed by atoms with van der Waals surface area (Å²) >= 11 is 9.04. The van der Waals surface area contributed by atoms with Crippen LogP contribution >= 0.6 is 27.5 Å². The van der Waals surface area contributed by atoms with Crippen molar-refractivity contribution < 1.29 is 19.5 Å². The molecule has 0 bridgehead atoms. The van der Waals surface area contributed by atoms with Crippen LogP contribution in [0.15, 0.2) is 22.7 Å². The molecule has 3 amide bonds. The highest BCUT2D eigenvalue weighted by Crippen LogP contribution is 2.25. The van der Waals surface area contributed by atoms with Crippen molar-refractivity contribution in [3.8, 4) is 0 Å². The van der Waals surface area contributed by atoms with E-state index in [4.69, 9.17) is 16.7 Å². The molecule has 0 fully saturated rings. The highest BCUT2D eigenvalue weighted by Gasteiger charge is 2.15. The summed E-state index contributed by atoms with van der Waals surface area (Å²) in [5.74, 6) is -1.86. The molecule has 1 rings (SSSR count). The molecule has 0 radical (unpaired) electrons. The SMILES string of the molecule is CC(CC(=O)O)CC(=O)NC(=O)Nc1ccc(Cl)c(Br)c1. The standard InChI is InChI=1S/C13H14BrClN2O4/c1-7(5-12(19)20)4-11(18)17-13(21)16-8-2-3-10(15)9(14)6-8/h2-3,6-7H,4-5H2,1H3,(H,19,20)(H2,16,17,18,21). The predicted octanol–water partition coefficient (Wildman–Crippen LogP) is 3.25. The summed E-state index contributed by atoms with van der Waals surface area (Å²) in [5, 5.41) is 13.7. The van der Waals surface area contributed by atoms with Gasteiger partial charge in [-0.25, -0.2) is 4.79 Å². The number of carboxylic acid groups (broad SMARTS) is 1. The maximum Gasteiger partial charge on any atom is 0.325 e. The number of carbonyl (C=O) groups is 3. The molecule has 8 heteroatoms. The van der Waals surface area contributed by atoms with E-state index >= 15 is 0 Å². The lowest BCUT2D eigenvalue weighted by Crippen LogP contribution is -2.35. The molecule has 6 nitrogen and oxygen atoms in total. The summed E-state index contributed by atoms with van der Waals surface area (Å²) in [6, 6.07) is 4.10. The number of amides is 3. The van der Waals surface area contributed by atoms with E-state index in [9.17, 15) is 14.4 Å². The normalized spacial score (nSPS) is 11.6. The summed E-state index contributed by atoms with van der Waals surface area (Å²) in [7, 11) is 0. The summed E-state index contributed by atoms with van der Waals surface area (Å²) in [6.45, 7) is 1.63.